The maximum absolute atomic E-state index is 12.4. The summed E-state index contributed by atoms with van der Waals surface area (Å²) in [5.74, 6) is 0.271. The van der Waals surface area contributed by atoms with Crippen molar-refractivity contribution in [3.63, 3.8) is 0 Å². The predicted molar refractivity (Wildman–Crippen MR) is 97.2 cm³/mol. The summed E-state index contributed by atoms with van der Waals surface area (Å²) in [5, 5.41) is 4.17. The molecule has 1 aliphatic heterocycles. The van der Waals surface area contributed by atoms with Crippen molar-refractivity contribution < 1.29 is 4.79 Å². The lowest BCUT2D eigenvalue weighted by molar-refractivity contribution is -0.125. The van der Waals surface area contributed by atoms with Gasteiger partial charge in [0.05, 0.1) is 16.1 Å². The van der Waals surface area contributed by atoms with Gasteiger partial charge in [-0.3, -0.25) is 4.79 Å². The number of piperidine rings is 1. The molecule has 2 unspecified atom stereocenters. The summed E-state index contributed by atoms with van der Waals surface area (Å²) in [5.41, 5.74) is 2.32. The third-order valence-electron chi connectivity index (χ3n) is 4.60. The number of anilines is 1. The van der Waals surface area contributed by atoms with Gasteiger partial charge in [-0.1, -0.05) is 24.3 Å². The van der Waals surface area contributed by atoms with E-state index in [0.717, 1.165) is 43.0 Å². The Morgan fingerprint density at radius 3 is 3.13 bits per heavy atom. The number of benzene rings is 1. The first-order valence-electron chi connectivity index (χ1n) is 8.49. The Hall–Kier alpha value is -1.62. The number of rotatable bonds is 4. The summed E-state index contributed by atoms with van der Waals surface area (Å²) in [4.78, 5) is 19.4. The molecule has 2 aromatic rings. The second kappa shape index (κ2) is 6.87. The summed E-state index contributed by atoms with van der Waals surface area (Å²) in [6.07, 6.45) is 3.00. The Labute approximate surface area is 141 Å². The molecule has 0 radical (unpaired) electrons. The largest absolute Gasteiger partial charge is 0.353 e. The number of thiazole rings is 1. The number of carbonyl (C=O) groups is 1. The molecule has 1 saturated heterocycles. The molecule has 1 N–H and O–H groups in total. The monoisotopic (exact) mass is 331 g/mol. The van der Waals surface area contributed by atoms with Gasteiger partial charge in [0, 0.05) is 19.1 Å². The molecule has 3 rings (SSSR count). The number of fused-ring (bicyclic) bond motifs is 1. The van der Waals surface area contributed by atoms with Crippen LogP contribution in [0.3, 0.4) is 0 Å². The molecular formula is C18H25N3OS. The summed E-state index contributed by atoms with van der Waals surface area (Å²) in [6.45, 7) is 8.04. The van der Waals surface area contributed by atoms with Gasteiger partial charge in [0.25, 0.3) is 0 Å². The molecule has 1 amide bonds. The van der Waals surface area contributed by atoms with Crippen LogP contribution >= 0.6 is 11.3 Å². The highest BCUT2D eigenvalue weighted by molar-refractivity contribution is 7.22. The Kier molecular flexibility index (Phi) is 4.85. The van der Waals surface area contributed by atoms with E-state index in [2.05, 4.69) is 49.2 Å². The zero-order chi connectivity index (χ0) is 16.4. The van der Waals surface area contributed by atoms with Gasteiger partial charge in [-0.25, -0.2) is 4.98 Å². The van der Waals surface area contributed by atoms with Crippen LogP contribution in [-0.4, -0.2) is 30.0 Å². The molecule has 4 nitrogen and oxygen atoms in total. The Bertz CT molecular complexity index is 697. The molecule has 0 saturated carbocycles. The van der Waals surface area contributed by atoms with E-state index in [-0.39, 0.29) is 17.9 Å². The first kappa shape index (κ1) is 16.2. The Balaban J connectivity index is 1.73. The van der Waals surface area contributed by atoms with E-state index < -0.39 is 0 Å². The van der Waals surface area contributed by atoms with Gasteiger partial charge in [-0.05, 0) is 50.8 Å². The number of hydrogen-bond acceptors (Lipinski definition) is 4. The number of aryl methyl sites for hydroxylation is 1. The fourth-order valence-electron chi connectivity index (χ4n) is 2.98. The maximum Gasteiger partial charge on any atom is 0.225 e. The van der Waals surface area contributed by atoms with E-state index in [9.17, 15) is 4.79 Å². The highest BCUT2D eigenvalue weighted by Crippen LogP contribution is 2.32. The van der Waals surface area contributed by atoms with Gasteiger partial charge in [-0.15, -0.1) is 0 Å². The standard InChI is InChI=1S/C18H25N3OS/c1-4-13(3)19-17(22)14-6-5-9-21(11-14)18-20-15-8-7-12(2)10-16(15)23-18/h7-8,10,13-14H,4-6,9,11H2,1-3H3,(H,19,22). The lowest BCUT2D eigenvalue weighted by Crippen LogP contribution is -2.45. The maximum atomic E-state index is 12.4. The molecule has 2 heterocycles. The van der Waals surface area contributed by atoms with Crippen LogP contribution in [0.2, 0.25) is 0 Å². The van der Waals surface area contributed by atoms with Crippen molar-refractivity contribution in [2.45, 2.75) is 46.1 Å². The molecule has 124 valence electrons. The molecule has 2 atom stereocenters. The molecule has 0 aliphatic carbocycles. The van der Waals surface area contributed by atoms with E-state index in [1.807, 2.05) is 0 Å². The average molecular weight is 331 g/mol. The van der Waals surface area contributed by atoms with Crippen LogP contribution in [0.1, 0.15) is 38.7 Å². The first-order valence-corrected chi connectivity index (χ1v) is 9.31. The number of aromatic nitrogens is 1. The van der Waals surface area contributed by atoms with Crippen molar-refractivity contribution in [1.29, 1.82) is 0 Å². The van der Waals surface area contributed by atoms with Gasteiger partial charge < -0.3 is 10.2 Å². The number of amides is 1. The van der Waals surface area contributed by atoms with Crippen LogP contribution < -0.4 is 10.2 Å². The van der Waals surface area contributed by atoms with E-state index in [1.54, 1.807) is 11.3 Å². The quantitative estimate of drug-likeness (QED) is 0.928. The second-order valence-electron chi connectivity index (χ2n) is 6.57. The van der Waals surface area contributed by atoms with E-state index in [1.165, 1.54) is 10.3 Å². The van der Waals surface area contributed by atoms with E-state index in [0.29, 0.717) is 0 Å². The summed E-state index contributed by atoms with van der Waals surface area (Å²) < 4.78 is 1.23. The third kappa shape index (κ3) is 3.66. The zero-order valence-corrected chi connectivity index (χ0v) is 14.9. The van der Waals surface area contributed by atoms with Crippen LogP contribution in [0.4, 0.5) is 5.13 Å². The molecule has 1 aliphatic rings. The number of nitrogens with zero attached hydrogens (tertiary/aromatic N) is 2. The molecule has 1 aromatic heterocycles. The van der Waals surface area contributed by atoms with Crippen molar-refractivity contribution in [2.24, 2.45) is 5.92 Å². The molecule has 1 aromatic carbocycles. The van der Waals surface area contributed by atoms with Crippen molar-refractivity contribution in [1.82, 2.24) is 10.3 Å². The lowest BCUT2D eigenvalue weighted by Gasteiger charge is -2.32. The zero-order valence-electron chi connectivity index (χ0n) is 14.1. The number of carbonyl (C=O) groups excluding carboxylic acids is 1. The lowest BCUT2D eigenvalue weighted by atomic mass is 9.97. The SMILES string of the molecule is CCC(C)NC(=O)C1CCCN(c2nc3ccc(C)cc3s2)C1. The van der Waals surface area contributed by atoms with Gasteiger partial charge in [0.15, 0.2) is 5.13 Å². The Morgan fingerprint density at radius 1 is 1.52 bits per heavy atom. The van der Waals surface area contributed by atoms with Gasteiger partial charge in [0.2, 0.25) is 5.91 Å². The molecule has 23 heavy (non-hydrogen) atoms. The van der Waals surface area contributed by atoms with E-state index >= 15 is 0 Å². The molecule has 1 fully saturated rings. The minimum Gasteiger partial charge on any atom is -0.353 e. The minimum absolute atomic E-state index is 0.0755. The summed E-state index contributed by atoms with van der Waals surface area (Å²) in [6, 6.07) is 6.63. The van der Waals surface area contributed by atoms with Crippen molar-refractivity contribution >= 4 is 32.6 Å². The van der Waals surface area contributed by atoms with E-state index in [4.69, 9.17) is 4.98 Å². The fourth-order valence-corrected chi connectivity index (χ4v) is 4.08. The summed E-state index contributed by atoms with van der Waals surface area (Å²) in [7, 11) is 0. The van der Waals surface area contributed by atoms with Gasteiger partial charge in [0.1, 0.15) is 0 Å². The first-order chi connectivity index (χ1) is 11.1. The van der Waals surface area contributed by atoms with Crippen LogP contribution in [-0.2, 0) is 4.79 Å². The topological polar surface area (TPSA) is 45.2 Å². The fraction of sp³-hybridized carbons (Fsp3) is 0.556. The molecular weight excluding hydrogens is 306 g/mol. The molecule has 0 spiro atoms. The van der Waals surface area contributed by atoms with Crippen LogP contribution in [0.25, 0.3) is 10.2 Å². The van der Waals surface area contributed by atoms with Crippen LogP contribution in [0.15, 0.2) is 18.2 Å². The van der Waals surface area contributed by atoms with Gasteiger partial charge >= 0.3 is 0 Å². The second-order valence-corrected chi connectivity index (χ2v) is 7.58. The minimum atomic E-state index is 0.0755. The Morgan fingerprint density at radius 2 is 2.35 bits per heavy atom. The highest BCUT2D eigenvalue weighted by Gasteiger charge is 2.27. The van der Waals surface area contributed by atoms with Gasteiger partial charge in [-0.2, -0.15) is 0 Å². The number of nitrogens with one attached hydrogen (secondary N) is 1. The number of hydrogen-bond donors (Lipinski definition) is 1. The average Bonchev–Trinajstić information content (AvgIpc) is 2.97. The smallest absolute Gasteiger partial charge is 0.225 e. The van der Waals surface area contributed by atoms with Crippen molar-refractivity contribution in [3.05, 3.63) is 23.8 Å². The van der Waals surface area contributed by atoms with Crippen molar-refractivity contribution in [2.75, 3.05) is 18.0 Å². The van der Waals surface area contributed by atoms with Crippen LogP contribution in [0.5, 0.6) is 0 Å². The van der Waals surface area contributed by atoms with Crippen LogP contribution in [0, 0.1) is 12.8 Å². The highest BCUT2D eigenvalue weighted by atomic mass is 32.1. The third-order valence-corrected chi connectivity index (χ3v) is 5.68. The molecule has 5 heteroatoms. The molecule has 0 bridgehead atoms. The normalized spacial score (nSPS) is 19.8. The van der Waals surface area contributed by atoms with Crippen molar-refractivity contribution in [3.8, 4) is 0 Å². The summed E-state index contributed by atoms with van der Waals surface area (Å²) >= 11 is 1.73. The predicted octanol–water partition coefficient (Wildman–Crippen LogP) is 3.74.